The van der Waals surface area contributed by atoms with E-state index in [9.17, 15) is 18.0 Å². The third-order valence-electron chi connectivity index (χ3n) is 4.34. The second-order valence-electron chi connectivity index (χ2n) is 6.46. The van der Waals surface area contributed by atoms with Gasteiger partial charge in [0.2, 0.25) is 15.8 Å². The highest BCUT2D eigenvalue weighted by molar-refractivity contribution is 7.89. The molecule has 0 fully saturated rings. The summed E-state index contributed by atoms with van der Waals surface area (Å²) in [5.74, 6) is -1.16. The van der Waals surface area contributed by atoms with E-state index in [0.29, 0.717) is 11.1 Å². The monoisotopic (exact) mass is 423 g/mol. The largest absolute Gasteiger partial charge is 0.445 e. The van der Waals surface area contributed by atoms with Gasteiger partial charge in [-0.05, 0) is 18.2 Å². The summed E-state index contributed by atoms with van der Waals surface area (Å²) in [7, 11) is -3.73. The maximum Gasteiger partial charge on any atom is 0.339 e. The Morgan fingerprint density at radius 3 is 2.10 bits per heavy atom. The number of nitrogens with one attached hydrogen (secondary N) is 1. The molecular formula is C23H21NO5S. The van der Waals surface area contributed by atoms with Crippen LogP contribution in [0.4, 0.5) is 0 Å². The Kier molecular flexibility index (Phi) is 6.76. The lowest BCUT2D eigenvalue weighted by Crippen LogP contribution is -2.24. The van der Waals surface area contributed by atoms with E-state index in [1.54, 1.807) is 67.6 Å². The molecule has 1 unspecified atom stereocenters. The SMILES string of the molecule is CCNS(=O)(=O)c1cccc(C(=O)OC(C(=O)c2ccccc2)c2ccccc2)c1. The van der Waals surface area contributed by atoms with Crippen LogP contribution >= 0.6 is 0 Å². The van der Waals surface area contributed by atoms with E-state index >= 15 is 0 Å². The molecular weight excluding hydrogens is 402 g/mol. The van der Waals surface area contributed by atoms with Crippen LogP contribution in [0.25, 0.3) is 0 Å². The molecule has 7 heteroatoms. The Morgan fingerprint density at radius 2 is 1.47 bits per heavy atom. The molecule has 0 bridgehead atoms. The van der Waals surface area contributed by atoms with E-state index in [-0.39, 0.29) is 22.8 Å². The van der Waals surface area contributed by atoms with E-state index in [1.165, 1.54) is 24.3 Å². The van der Waals surface area contributed by atoms with Gasteiger partial charge >= 0.3 is 5.97 Å². The lowest BCUT2D eigenvalue weighted by molar-refractivity contribution is 0.0280. The minimum absolute atomic E-state index is 0.0378. The van der Waals surface area contributed by atoms with Crippen molar-refractivity contribution in [2.24, 2.45) is 0 Å². The van der Waals surface area contributed by atoms with Crippen LogP contribution in [0.15, 0.2) is 89.8 Å². The number of benzene rings is 3. The first kappa shape index (κ1) is 21.4. The molecule has 154 valence electrons. The summed E-state index contributed by atoms with van der Waals surface area (Å²) >= 11 is 0. The quantitative estimate of drug-likeness (QED) is 0.440. The summed E-state index contributed by atoms with van der Waals surface area (Å²) in [6.45, 7) is 1.88. The highest BCUT2D eigenvalue weighted by atomic mass is 32.2. The molecule has 0 spiro atoms. The Hall–Kier alpha value is -3.29. The van der Waals surface area contributed by atoms with Gasteiger partial charge in [-0.2, -0.15) is 0 Å². The van der Waals surface area contributed by atoms with Gasteiger partial charge in [-0.1, -0.05) is 73.7 Å². The normalized spacial score (nSPS) is 12.2. The molecule has 6 nitrogen and oxygen atoms in total. The second-order valence-corrected chi connectivity index (χ2v) is 8.22. The van der Waals surface area contributed by atoms with Crippen molar-refractivity contribution in [2.45, 2.75) is 17.9 Å². The number of esters is 1. The molecule has 0 saturated carbocycles. The minimum atomic E-state index is -3.73. The molecule has 0 aromatic heterocycles. The smallest absolute Gasteiger partial charge is 0.339 e. The predicted molar refractivity (Wildman–Crippen MR) is 113 cm³/mol. The topological polar surface area (TPSA) is 89.5 Å². The zero-order valence-electron chi connectivity index (χ0n) is 16.3. The van der Waals surface area contributed by atoms with Crippen LogP contribution in [0.1, 0.15) is 39.3 Å². The molecule has 0 aliphatic heterocycles. The zero-order chi connectivity index (χ0) is 21.6. The fraction of sp³-hybridized carbons (Fsp3) is 0.130. The van der Waals surface area contributed by atoms with Crippen molar-refractivity contribution in [3.8, 4) is 0 Å². The third-order valence-corrected chi connectivity index (χ3v) is 5.88. The number of hydrogen-bond acceptors (Lipinski definition) is 5. The first-order valence-corrected chi connectivity index (χ1v) is 10.9. The van der Waals surface area contributed by atoms with Crippen molar-refractivity contribution in [1.29, 1.82) is 0 Å². The first-order valence-electron chi connectivity index (χ1n) is 9.37. The van der Waals surface area contributed by atoms with Gasteiger partial charge in [0.15, 0.2) is 6.10 Å². The van der Waals surface area contributed by atoms with E-state index in [4.69, 9.17) is 4.74 Å². The molecule has 1 N–H and O–H groups in total. The number of ketones is 1. The van der Waals surface area contributed by atoms with Gasteiger partial charge in [0.05, 0.1) is 10.5 Å². The average Bonchev–Trinajstić information content (AvgIpc) is 2.78. The van der Waals surface area contributed by atoms with Crippen LogP contribution in [0.3, 0.4) is 0 Å². The Morgan fingerprint density at radius 1 is 0.867 bits per heavy atom. The van der Waals surface area contributed by atoms with Crippen LogP contribution in [0.2, 0.25) is 0 Å². The third kappa shape index (κ3) is 5.00. The summed E-state index contributed by atoms with van der Waals surface area (Å²) in [5, 5.41) is 0. The van der Waals surface area contributed by atoms with Crippen molar-refractivity contribution >= 4 is 21.8 Å². The molecule has 3 rings (SSSR count). The van der Waals surface area contributed by atoms with Gasteiger partial charge in [0.1, 0.15) is 0 Å². The molecule has 0 heterocycles. The molecule has 30 heavy (non-hydrogen) atoms. The van der Waals surface area contributed by atoms with Crippen molar-refractivity contribution in [3.63, 3.8) is 0 Å². The number of rotatable bonds is 8. The number of Topliss-reactive ketones (excluding diaryl/α,β-unsaturated/α-hetero) is 1. The Balaban J connectivity index is 1.92. The maximum atomic E-state index is 13.0. The average molecular weight is 423 g/mol. The zero-order valence-corrected chi connectivity index (χ0v) is 17.1. The van der Waals surface area contributed by atoms with Crippen molar-refractivity contribution in [1.82, 2.24) is 4.72 Å². The van der Waals surface area contributed by atoms with E-state index in [2.05, 4.69) is 4.72 Å². The second kappa shape index (κ2) is 9.47. The maximum absolute atomic E-state index is 13.0. The highest BCUT2D eigenvalue weighted by Crippen LogP contribution is 2.24. The summed E-state index contributed by atoms with van der Waals surface area (Å²) < 4.78 is 32.4. The Bertz CT molecular complexity index is 1130. The number of sulfonamides is 1. The molecule has 3 aromatic carbocycles. The summed E-state index contributed by atoms with van der Waals surface area (Å²) in [6.07, 6.45) is -1.16. The van der Waals surface area contributed by atoms with E-state index in [0.717, 1.165) is 0 Å². The summed E-state index contributed by atoms with van der Waals surface area (Å²) in [4.78, 5) is 25.8. The number of carbonyl (C=O) groups excluding carboxylic acids is 2. The molecule has 0 aliphatic carbocycles. The van der Waals surface area contributed by atoms with Gasteiger partial charge in [-0.3, -0.25) is 4.79 Å². The van der Waals surface area contributed by atoms with Crippen molar-refractivity contribution < 1.29 is 22.7 Å². The van der Waals surface area contributed by atoms with Crippen molar-refractivity contribution in [3.05, 3.63) is 102 Å². The first-order chi connectivity index (χ1) is 14.4. The van der Waals surface area contributed by atoms with Gasteiger partial charge < -0.3 is 4.74 Å². The minimum Gasteiger partial charge on any atom is -0.445 e. The number of hydrogen-bond donors (Lipinski definition) is 1. The fourth-order valence-corrected chi connectivity index (χ4v) is 3.98. The van der Waals surface area contributed by atoms with Crippen LogP contribution in [-0.2, 0) is 14.8 Å². The van der Waals surface area contributed by atoms with Crippen molar-refractivity contribution in [2.75, 3.05) is 6.54 Å². The summed E-state index contributed by atoms with van der Waals surface area (Å²) in [5.41, 5.74) is 0.967. The Labute approximate surface area is 175 Å². The van der Waals surface area contributed by atoms with E-state index in [1.807, 2.05) is 0 Å². The molecule has 3 aromatic rings. The predicted octanol–water partition coefficient (Wildman–Crippen LogP) is 3.77. The molecule has 0 aliphatic rings. The highest BCUT2D eigenvalue weighted by Gasteiger charge is 2.27. The van der Waals surface area contributed by atoms with Gasteiger partial charge in [-0.15, -0.1) is 0 Å². The molecule has 0 amide bonds. The van der Waals surface area contributed by atoms with Gasteiger partial charge in [-0.25, -0.2) is 17.9 Å². The van der Waals surface area contributed by atoms with E-state index < -0.39 is 22.1 Å². The number of carbonyl (C=O) groups is 2. The molecule has 0 saturated heterocycles. The lowest BCUT2D eigenvalue weighted by atomic mass is 10.00. The summed E-state index contributed by atoms with van der Waals surface area (Å²) in [6, 6.07) is 22.8. The lowest BCUT2D eigenvalue weighted by Gasteiger charge is -2.18. The van der Waals surface area contributed by atoms with Gasteiger partial charge in [0.25, 0.3) is 0 Å². The van der Waals surface area contributed by atoms with Gasteiger partial charge in [0, 0.05) is 17.7 Å². The van der Waals surface area contributed by atoms with Crippen LogP contribution in [0.5, 0.6) is 0 Å². The number of ether oxygens (including phenoxy) is 1. The standard InChI is InChI=1S/C23H21NO5S/c1-2-24-30(27,28)20-15-9-14-19(16-20)23(26)29-22(18-12-7-4-8-13-18)21(25)17-10-5-3-6-11-17/h3-16,22,24H,2H2,1H3. The van der Waals surface area contributed by atoms with Crippen LogP contribution < -0.4 is 4.72 Å². The molecule has 1 atom stereocenters. The van der Waals surface area contributed by atoms with Crippen LogP contribution in [-0.4, -0.2) is 26.7 Å². The molecule has 0 radical (unpaired) electrons. The van der Waals surface area contributed by atoms with Crippen LogP contribution in [0, 0.1) is 0 Å². The fourth-order valence-electron chi connectivity index (χ4n) is 2.89.